The van der Waals surface area contributed by atoms with Crippen molar-refractivity contribution < 1.29 is 4.74 Å². The summed E-state index contributed by atoms with van der Waals surface area (Å²) in [6, 6.07) is 10.4. The molecule has 1 aromatic rings. The summed E-state index contributed by atoms with van der Waals surface area (Å²) < 4.78 is 6.05. The van der Waals surface area contributed by atoms with E-state index in [-0.39, 0.29) is 12.1 Å². The highest BCUT2D eigenvalue weighted by Crippen LogP contribution is 2.13. The molecule has 0 bridgehead atoms. The SMILES string of the molecule is CCCC/C=C/CC[C@@H](OCc1ccccc1)[C@@H](N)CC. The molecule has 0 fully saturated rings. The summed E-state index contributed by atoms with van der Waals surface area (Å²) in [7, 11) is 0. The average molecular weight is 289 g/mol. The maximum atomic E-state index is 6.19. The second-order valence-corrected chi connectivity index (χ2v) is 5.60. The van der Waals surface area contributed by atoms with E-state index in [1.807, 2.05) is 18.2 Å². The molecule has 0 heterocycles. The van der Waals surface area contributed by atoms with E-state index < -0.39 is 0 Å². The molecule has 1 aromatic carbocycles. The van der Waals surface area contributed by atoms with Crippen molar-refractivity contribution in [2.45, 2.75) is 71.1 Å². The van der Waals surface area contributed by atoms with Crippen molar-refractivity contribution in [1.82, 2.24) is 0 Å². The van der Waals surface area contributed by atoms with E-state index in [1.54, 1.807) is 0 Å². The van der Waals surface area contributed by atoms with Crippen LogP contribution >= 0.6 is 0 Å². The number of nitrogens with two attached hydrogens (primary N) is 1. The Hall–Kier alpha value is -1.12. The minimum atomic E-state index is 0.123. The molecule has 0 aliphatic rings. The van der Waals surface area contributed by atoms with E-state index in [0.29, 0.717) is 6.61 Å². The number of unbranched alkanes of at least 4 members (excludes halogenated alkanes) is 2. The fourth-order valence-corrected chi connectivity index (χ4v) is 2.28. The smallest absolute Gasteiger partial charge is 0.0733 e. The molecule has 2 N–H and O–H groups in total. The Balaban J connectivity index is 2.35. The first-order chi connectivity index (χ1) is 10.3. The van der Waals surface area contributed by atoms with Crippen molar-refractivity contribution in [3.05, 3.63) is 48.0 Å². The van der Waals surface area contributed by atoms with Crippen LogP contribution in [-0.2, 0) is 11.3 Å². The lowest BCUT2D eigenvalue weighted by atomic mass is 10.0. The summed E-state index contributed by atoms with van der Waals surface area (Å²) >= 11 is 0. The van der Waals surface area contributed by atoms with Gasteiger partial charge in [-0.15, -0.1) is 0 Å². The lowest BCUT2D eigenvalue weighted by Crippen LogP contribution is -2.36. The summed E-state index contributed by atoms with van der Waals surface area (Å²) in [6.07, 6.45) is 11.4. The van der Waals surface area contributed by atoms with Gasteiger partial charge in [0, 0.05) is 6.04 Å². The van der Waals surface area contributed by atoms with Crippen molar-refractivity contribution >= 4 is 0 Å². The van der Waals surface area contributed by atoms with E-state index in [4.69, 9.17) is 10.5 Å². The van der Waals surface area contributed by atoms with Crippen LogP contribution < -0.4 is 5.73 Å². The second kappa shape index (κ2) is 11.5. The topological polar surface area (TPSA) is 35.2 Å². The Bertz CT molecular complexity index is 374. The molecule has 1 rings (SSSR count). The zero-order valence-electron chi connectivity index (χ0n) is 13.6. The van der Waals surface area contributed by atoms with Crippen LogP contribution in [0.1, 0.15) is 57.9 Å². The van der Waals surface area contributed by atoms with Crippen LogP contribution in [0.4, 0.5) is 0 Å². The highest BCUT2D eigenvalue weighted by atomic mass is 16.5. The summed E-state index contributed by atoms with van der Waals surface area (Å²) in [4.78, 5) is 0. The average Bonchev–Trinajstić information content (AvgIpc) is 2.53. The van der Waals surface area contributed by atoms with Gasteiger partial charge in [0.1, 0.15) is 0 Å². The first-order valence-corrected chi connectivity index (χ1v) is 8.34. The zero-order chi connectivity index (χ0) is 15.3. The molecule has 2 nitrogen and oxygen atoms in total. The maximum Gasteiger partial charge on any atom is 0.0733 e. The lowest BCUT2D eigenvalue weighted by molar-refractivity contribution is 0.0178. The lowest BCUT2D eigenvalue weighted by Gasteiger charge is -2.23. The third kappa shape index (κ3) is 8.03. The number of rotatable bonds is 11. The predicted octanol–water partition coefficient (Wildman–Crippen LogP) is 4.84. The summed E-state index contributed by atoms with van der Waals surface area (Å²) in [5, 5.41) is 0. The third-order valence-corrected chi connectivity index (χ3v) is 3.76. The fraction of sp³-hybridized carbons (Fsp3) is 0.579. The van der Waals surface area contributed by atoms with Crippen molar-refractivity contribution in [2.24, 2.45) is 5.73 Å². The van der Waals surface area contributed by atoms with Gasteiger partial charge < -0.3 is 10.5 Å². The van der Waals surface area contributed by atoms with Crippen LogP contribution in [0.3, 0.4) is 0 Å². The van der Waals surface area contributed by atoms with Crippen molar-refractivity contribution in [1.29, 1.82) is 0 Å². The molecule has 0 radical (unpaired) electrons. The zero-order valence-corrected chi connectivity index (χ0v) is 13.6. The maximum absolute atomic E-state index is 6.19. The molecule has 0 amide bonds. The van der Waals surface area contributed by atoms with E-state index in [1.165, 1.54) is 24.8 Å². The van der Waals surface area contributed by atoms with E-state index in [0.717, 1.165) is 19.3 Å². The van der Waals surface area contributed by atoms with Gasteiger partial charge in [0.15, 0.2) is 0 Å². The Morgan fingerprint density at radius 1 is 1.10 bits per heavy atom. The molecule has 0 aliphatic carbocycles. The van der Waals surface area contributed by atoms with Crippen LogP contribution in [0, 0.1) is 0 Å². The van der Waals surface area contributed by atoms with Crippen LogP contribution in [-0.4, -0.2) is 12.1 Å². The third-order valence-electron chi connectivity index (χ3n) is 3.76. The molecular formula is C19H31NO. The number of hydrogen-bond donors (Lipinski definition) is 1. The first-order valence-electron chi connectivity index (χ1n) is 8.34. The predicted molar refractivity (Wildman–Crippen MR) is 91.2 cm³/mol. The van der Waals surface area contributed by atoms with Gasteiger partial charge in [0.25, 0.3) is 0 Å². The quantitative estimate of drug-likeness (QED) is 0.467. The summed E-state index contributed by atoms with van der Waals surface area (Å²) in [5.41, 5.74) is 7.41. The highest BCUT2D eigenvalue weighted by Gasteiger charge is 2.16. The molecule has 0 saturated heterocycles. The normalized spacial score (nSPS) is 14.4. The van der Waals surface area contributed by atoms with Crippen LogP contribution in [0.5, 0.6) is 0 Å². The largest absolute Gasteiger partial charge is 0.372 e. The Labute approximate surface area is 130 Å². The standard InChI is InChI=1S/C19H31NO/c1-3-5-6-7-8-12-15-19(18(20)4-2)21-16-17-13-10-9-11-14-17/h7-11,13-14,18-19H,3-6,12,15-16,20H2,1-2H3/b8-7+/t18-,19+/m0/s1. The minimum absolute atomic E-state index is 0.123. The van der Waals surface area contributed by atoms with Crippen LogP contribution in [0.15, 0.2) is 42.5 Å². The number of benzene rings is 1. The number of hydrogen-bond acceptors (Lipinski definition) is 2. The Kier molecular flexibility index (Phi) is 9.84. The molecule has 0 aromatic heterocycles. The Morgan fingerprint density at radius 2 is 1.81 bits per heavy atom. The summed E-state index contributed by atoms with van der Waals surface area (Å²) in [5.74, 6) is 0. The van der Waals surface area contributed by atoms with Gasteiger partial charge in [0.2, 0.25) is 0 Å². The monoisotopic (exact) mass is 289 g/mol. The molecule has 0 unspecified atom stereocenters. The number of ether oxygens (including phenoxy) is 1. The van der Waals surface area contributed by atoms with Gasteiger partial charge in [-0.2, -0.15) is 0 Å². The van der Waals surface area contributed by atoms with E-state index in [9.17, 15) is 0 Å². The van der Waals surface area contributed by atoms with Crippen LogP contribution in [0.25, 0.3) is 0 Å². The molecule has 0 spiro atoms. The molecule has 118 valence electrons. The van der Waals surface area contributed by atoms with Crippen molar-refractivity contribution in [3.8, 4) is 0 Å². The van der Waals surface area contributed by atoms with E-state index in [2.05, 4.69) is 38.1 Å². The van der Waals surface area contributed by atoms with Gasteiger partial charge >= 0.3 is 0 Å². The van der Waals surface area contributed by atoms with E-state index >= 15 is 0 Å². The van der Waals surface area contributed by atoms with Gasteiger partial charge in [-0.05, 0) is 31.2 Å². The molecule has 21 heavy (non-hydrogen) atoms. The second-order valence-electron chi connectivity index (χ2n) is 5.60. The van der Waals surface area contributed by atoms with Crippen LogP contribution in [0.2, 0.25) is 0 Å². The molecule has 2 atom stereocenters. The van der Waals surface area contributed by atoms with Gasteiger partial charge in [-0.1, -0.05) is 69.2 Å². The molecule has 0 aliphatic heterocycles. The minimum Gasteiger partial charge on any atom is -0.372 e. The van der Waals surface area contributed by atoms with Gasteiger partial charge in [-0.3, -0.25) is 0 Å². The summed E-state index contributed by atoms with van der Waals surface area (Å²) in [6.45, 7) is 5.00. The molecule has 0 saturated carbocycles. The van der Waals surface area contributed by atoms with Crippen molar-refractivity contribution in [2.75, 3.05) is 0 Å². The number of allylic oxidation sites excluding steroid dienone is 2. The fourth-order valence-electron chi connectivity index (χ4n) is 2.28. The first kappa shape index (κ1) is 17.9. The molecular weight excluding hydrogens is 258 g/mol. The van der Waals surface area contributed by atoms with Gasteiger partial charge in [0.05, 0.1) is 12.7 Å². The Morgan fingerprint density at radius 3 is 2.48 bits per heavy atom. The highest BCUT2D eigenvalue weighted by molar-refractivity contribution is 5.13. The molecule has 2 heteroatoms. The van der Waals surface area contributed by atoms with Crippen molar-refractivity contribution in [3.63, 3.8) is 0 Å². The van der Waals surface area contributed by atoms with Gasteiger partial charge in [-0.25, -0.2) is 0 Å².